The minimum atomic E-state index is -0.972. The van der Waals surface area contributed by atoms with Gasteiger partial charge in [0.25, 0.3) is 0 Å². The van der Waals surface area contributed by atoms with Gasteiger partial charge in [-0.15, -0.1) is 0 Å². The molecule has 1 aromatic heterocycles. The number of rotatable bonds is 4. The molecule has 5 heteroatoms. The highest BCUT2D eigenvalue weighted by molar-refractivity contribution is 5.75. The van der Waals surface area contributed by atoms with Gasteiger partial charge in [-0.05, 0) is 12.1 Å². The molecule has 2 aromatic rings. The molecule has 0 aliphatic rings. The number of aromatic nitrogens is 1. The molecular formula is C12H13NO4. The largest absolute Gasteiger partial charge is 0.478 e. The monoisotopic (exact) mass is 235 g/mol. The third-order valence-electron chi connectivity index (χ3n) is 2.41. The molecule has 0 bridgehead atoms. The van der Waals surface area contributed by atoms with Gasteiger partial charge >= 0.3 is 5.97 Å². The van der Waals surface area contributed by atoms with Gasteiger partial charge < -0.3 is 14.3 Å². The molecule has 0 aliphatic carbocycles. The van der Waals surface area contributed by atoms with Gasteiger partial charge in [0, 0.05) is 12.0 Å². The second-order valence-corrected chi connectivity index (χ2v) is 4.10. The third-order valence-corrected chi connectivity index (χ3v) is 2.41. The zero-order valence-corrected chi connectivity index (χ0v) is 9.58. The van der Waals surface area contributed by atoms with Gasteiger partial charge in [0.2, 0.25) is 0 Å². The first-order chi connectivity index (χ1) is 8.08. The SMILES string of the molecule is CC(C)C(Oc1ccc2ocnc2c1)C(=O)O. The first-order valence-corrected chi connectivity index (χ1v) is 5.30. The van der Waals surface area contributed by atoms with E-state index in [1.54, 1.807) is 32.0 Å². The lowest BCUT2D eigenvalue weighted by atomic mass is 10.1. The molecule has 0 saturated carbocycles. The van der Waals surface area contributed by atoms with Crippen LogP contribution in [-0.2, 0) is 4.79 Å². The first kappa shape index (κ1) is 11.4. The van der Waals surface area contributed by atoms with Crippen LogP contribution in [0.2, 0.25) is 0 Å². The molecule has 0 aliphatic heterocycles. The van der Waals surface area contributed by atoms with Gasteiger partial charge in [0.1, 0.15) is 11.3 Å². The van der Waals surface area contributed by atoms with Crippen molar-refractivity contribution in [2.45, 2.75) is 20.0 Å². The van der Waals surface area contributed by atoms with E-state index < -0.39 is 12.1 Å². The first-order valence-electron chi connectivity index (χ1n) is 5.30. The maximum Gasteiger partial charge on any atom is 0.345 e. The van der Waals surface area contributed by atoms with Crippen LogP contribution < -0.4 is 4.74 Å². The molecule has 17 heavy (non-hydrogen) atoms. The van der Waals surface area contributed by atoms with Crippen LogP contribution in [0.1, 0.15) is 13.8 Å². The Morgan fingerprint density at radius 3 is 2.88 bits per heavy atom. The van der Waals surface area contributed by atoms with E-state index in [2.05, 4.69) is 4.98 Å². The number of carboxylic acids is 1. The summed E-state index contributed by atoms with van der Waals surface area (Å²) in [6.45, 7) is 3.60. The molecule has 1 aromatic carbocycles. The number of hydrogen-bond acceptors (Lipinski definition) is 4. The summed E-state index contributed by atoms with van der Waals surface area (Å²) < 4.78 is 10.5. The Labute approximate surface area is 98.0 Å². The summed E-state index contributed by atoms with van der Waals surface area (Å²) in [5.41, 5.74) is 1.30. The van der Waals surface area contributed by atoms with Crippen molar-refractivity contribution in [2.75, 3.05) is 0 Å². The summed E-state index contributed by atoms with van der Waals surface area (Å²) in [4.78, 5) is 15.0. The van der Waals surface area contributed by atoms with Gasteiger partial charge in [0.05, 0.1) is 0 Å². The normalized spacial score (nSPS) is 12.9. The molecule has 0 spiro atoms. The fourth-order valence-corrected chi connectivity index (χ4v) is 1.53. The van der Waals surface area contributed by atoms with Crippen LogP contribution in [0.5, 0.6) is 5.75 Å². The Hall–Kier alpha value is -2.04. The van der Waals surface area contributed by atoms with Gasteiger partial charge in [-0.2, -0.15) is 0 Å². The zero-order chi connectivity index (χ0) is 12.4. The predicted molar refractivity (Wildman–Crippen MR) is 60.9 cm³/mol. The number of ether oxygens (including phenoxy) is 1. The van der Waals surface area contributed by atoms with Crippen LogP contribution in [0.3, 0.4) is 0 Å². The maximum atomic E-state index is 11.0. The molecule has 1 unspecified atom stereocenters. The number of fused-ring (bicyclic) bond motifs is 1. The average molecular weight is 235 g/mol. The van der Waals surface area contributed by atoms with E-state index in [1.807, 2.05) is 0 Å². The molecule has 0 fully saturated rings. The van der Waals surface area contributed by atoms with Gasteiger partial charge in [-0.1, -0.05) is 13.8 Å². The number of carboxylic acid groups (broad SMARTS) is 1. The number of oxazole rings is 1. The maximum absolute atomic E-state index is 11.0. The van der Waals surface area contributed by atoms with Crippen LogP contribution in [0.15, 0.2) is 29.0 Å². The molecule has 0 amide bonds. The number of aliphatic carboxylic acids is 1. The van der Waals surface area contributed by atoms with Crippen LogP contribution in [0.25, 0.3) is 11.1 Å². The fourth-order valence-electron chi connectivity index (χ4n) is 1.53. The highest BCUT2D eigenvalue weighted by Gasteiger charge is 2.23. The molecular weight excluding hydrogens is 222 g/mol. The predicted octanol–water partition coefficient (Wildman–Crippen LogP) is 2.32. The van der Waals surface area contributed by atoms with Crippen molar-refractivity contribution in [3.8, 4) is 5.75 Å². The quantitative estimate of drug-likeness (QED) is 0.880. The molecule has 0 radical (unpaired) electrons. The number of benzene rings is 1. The summed E-state index contributed by atoms with van der Waals surface area (Å²) >= 11 is 0. The van der Waals surface area contributed by atoms with Gasteiger partial charge in [-0.3, -0.25) is 0 Å². The van der Waals surface area contributed by atoms with E-state index in [4.69, 9.17) is 14.3 Å². The lowest BCUT2D eigenvalue weighted by Gasteiger charge is -2.18. The van der Waals surface area contributed by atoms with Crippen LogP contribution in [0, 0.1) is 5.92 Å². The summed E-state index contributed by atoms with van der Waals surface area (Å²) in [6.07, 6.45) is 0.477. The lowest BCUT2D eigenvalue weighted by Crippen LogP contribution is -2.32. The molecule has 2 rings (SSSR count). The Balaban J connectivity index is 2.24. The Morgan fingerprint density at radius 1 is 1.47 bits per heavy atom. The zero-order valence-electron chi connectivity index (χ0n) is 9.58. The minimum Gasteiger partial charge on any atom is -0.478 e. The standard InChI is InChI=1S/C12H13NO4/c1-7(2)11(12(14)15)17-8-3-4-10-9(5-8)13-6-16-10/h3-7,11H,1-2H3,(H,14,15). The molecule has 1 heterocycles. The number of carbonyl (C=O) groups is 1. The fraction of sp³-hybridized carbons (Fsp3) is 0.333. The van der Waals surface area contributed by atoms with Gasteiger partial charge in [-0.25, -0.2) is 9.78 Å². The average Bonchev–Trinajstić information content (AvgIpc) is 2.71. The summed E-state index contributed by atoms with van der Waals surface area (Å²) in [5, 5.41) is 9.02. The molecule has 5 nitrogen and oxygen atoms in total. The molecule has 1 N–H and O–H groups in total. The smallest absolute Gasteiger partial charge is 0.345 e. The second kappa shape index (κ2) is 4.45. The van der Waals surface area contributed by atoms with E-state index >= 15 is 0 Å². The van der Waals surface area contributed by atoms with Crippen molar-refractivity contribution in [3.05, 3.63) is 24.6 Å². The van der Waals surface area contributed by atoms with E-state index in [9.17, 15) is 4.79 Å². The van der Waals surface area contributed by atoms with Crippen molar-refractivity contribution in [3.63, 3.8) is 0 Å². The summed E-state index contributed by atoms with van der Waals surface area (Å²) in [7, 11) is 0. The van der Waals surface area contributed by atoms with Gasteiger partial charge in [0.15, 0.2) is 18.1 Å². The lowest BCUT2D eigenvalue weighted by molar-refractivity contribution is -0.147. The molecule has 1 atom stereocenters. The Morgan fingerprint density at radius 2 is 2.24 bits per heavy atom. The third kappa shape index (κ3) is 2.38. The van der Waals surface area contributed by atoms with Crippen molar-refractivity contribution >= 4 is 17.1 Å². The Bertz CT molecular complexity index is 532. The van der Waals surface area contributed by atoms with Crippen LogP contribution in [-0.4, -0.2) is 22.2 Å². The highest BCUT2D eigenvalue weighted by Crippen LogP contribution is 2.22. The van der Waals surface area contributed by atoms with E-state index in [1.165, 1.54) is 6.39 Å². The van der Waals surface area contributed by atoms with Crippen molar-refractivity contribution in [1.29, 1.82) is 0 Å². The highest BCUT2D eigenvalue weighted by atomic mass is 16.5. The van der Waals surface area contributed by atoms with Crippen LogP contribution >= 0.6 is 0 Å². The summed E-state index contributed by atoms with van der Waals surface area (Å²) in [5.74, 6) is -0.603. The van der Waals surface area contributed by atoms with Crippen LogP contribution in [0.4, 0.5) is 0 Å². The Kier molecular flexibility index (Phi) is 2.99. The minimum absolute atomic E-state index is 0.111. The van der Waals surface area contributed by atoms with Crippen molar-refractivity contribution in [2.24, 2.45) is 5.92 Å². The topological polar surface area (TPSA) is 72.6 Å². The molecule has 0 saturated heterocycles. The van der Waals surface area contributed by atoms with E-state index in [0.29, 0.717) is 16.8 Å². The molecule has 90 valence electrons. The van der Waals surface area contributed by atoms with E-state index in [-0.39, 0.29) is 5.92 Å². The number of hydrogen-bond donors (Lipinski definition) is 1. The number of nitrogens with zero attached hydrogens (tertiary/aromatic N) is 1. The summed E-state index contributed by atoms with van der Waals surface area (Å²) in [6, 6.07) is 5.04. The second-order valence-electron chi connectivity index (χ2n) is 4.10. The van der Waals surface area contributed by atoms with E-state index in [0.717, 1.165) is 0 Å². The van der Waals surface area contributed by atoms with Crippen molar-refractivity contribution in [1.82, 2.24) is 4.98 Å². The van der Waals surface area contributed by atoms with Crippen molar-refractivity contribution < 1.29 is 19.1 Å².